The molecule has 1 fully saturated rings. The molecule has 0 amide bonds. The number of rotatable bonds is 10. The van der Waals surface area contributed by atoms with E-state index in [-0.39, 0.29) is 36.4 Å². The van der Waals surface area contributed by atoms with E-state index in [1.807, 2.05) is 43.3 Å². The highest BCUT2D eigenvalue weighted by Gasteiger charge is 2.37. The third-order valence-electron chi connectivity index (χ3n) is 6.71. The van der Waals surface area contributed by atoms with Crippen molar-refractivity contribution in [2.24, 2.45) is 13.0 Å². The number of aryl methyl sites for hydroxylation is 2. The third kappa shape index (κ3) is 6.06. The lowest BCUT2D eigenvalue weighted by Gasteiger charge is -2.41. The van der Waals surface area contributed by atoms with E-state index in [2.05, 4.69) is 11.0 Å². The number of carbonyl (C=O) groups is 1. The lowest BCUT2D eigenvalue weighted by molar-refractivity contribution is -0.147. The summed E-state index contributed by atoms with van der Waals surface area (Å²) in [6.07, 6.45) is 2.73. The van der Waals surface area contributed by atoms with E-state index in [1.165, 1.54) is 16.8 Å². The summed E-state index contributed by atoms with van der Waals surface area (Å²) in [7, 11) is 1.60. The Morgan fingerprint density at radius 1 is 1.08 bits per heavy atom. The molecule has 1 aromatic heterocycles. The Balaban J connectivity index is 1.42. The predicted octanol–water partition coefficient (Wildman–Crippen LogP) is 3.45. The smallest absolute Gasteiger partial charge is 0.330 e. The highest BCUT2D eigenvalue weighted by atomic mass is 35.5. The van der Waals surface area contributed by atoms with Gasteiger partial charge >= 0.3 is 11.7 Å². The van der Waals surface area contributed by atoms with E-state index in [0.29, 0.717) is 36.7 Å². The fourth-order valence-corrected chi connectivity index (χ4v) is 4.63. The van der Waals surface area contributed by atoms with Gasteiger partial charge in [0.2, 0.25) is 0 Å². The van der Waals surface area contributed by atoms with Crippen LogP contribution in [0, 0.1) is 12.8 Å². The standard InChI is InChI=1S/C27H30ClN3O5/c1-18-13-20(5-8-24(18)36-12-11-31-25(32)9-10-29(2)27(31)35)17-30(23-14-21(15-23)26(33)34)16-19-3-6-22(28)7-4-19/h3-10,13,21,23H,11-12,14-17H2,1-2H3,(H,33,34). The number of carboxylic acid groups (broad SMARTS) is 1. The number of hydrogen-bond donors (Lipinski definition) is 1. The molecule has 0 aliphatic heterocycles. The molecule has 0 bridgehead atoms. The highest BCUT2D eigenvalue weighted by Crippen LogP contribution is 2.34. The van der Waals surface area contributed by atoms with Gasteiger partial charge in [0.15, 0.2) is 0 Å². The molecule has 0 unspecified atom stereocenters. The Morgan fingerprint density at radius 2 is 1.75 bits per heavy atom. The molecule has 0 spiro atoms. The molecule has 4 rings (SSSR count). The maximum Gasteiger partial charge on any atom is 0.330 e. The van der Waals surface area contributed by atoms with Gasteiger partial charge in [-0.15, -0.1) is 0 Å². The Hall–Kier alpha value is -3.36. The van der Waals surface area contributed by atoms with Crippen molar-refractivity contribution in [3.8, 4) is 5.75 Å². The van der Waals surface area contributed by atoms with Gasteiger partial charge in [-0.1, -0.05) is 35.9 Å². The predicted molar refractivity (Wildman–Crippen MR) is 137 cm³/mol. The first-order valence-electron chi connectivity index (χ1n) is 11.9. The molecule has 8 nitrogen and oxygen atoms in total. The lowest BCUT2D eigenvalue weighted by Crippen LogP contribution is -2.46. The number of aliphatic carboxylic acids is 1. The number of nitrogens with zero attached hydrogens (tertiary/aromatic N) is 3. The van der Waals surface area contributed by atoms with Gasteiger partial charge in [0.25, 0.3) is 5.56 Å². The number of benzene rings is 2. The molecule has 0 saturated heterocycles. The van der Waals surface area contributed by atoms with Crippen LogP contribution >= 0.6 is 11.6 Å². The van der Waals surface area contributed by atoms with Crippen LogP contribution in [0.2, 0.25) is 5.02 Å². The van der Waals surface area contributed by atoms with Crippen molar-refractivity contribution in [2.45, 2.75) is 45.4 Å². The summed E-state index contributed by atoms with van der Waals surface area (Å²) in [5, 5.41) is 10.00. The normalized spacial score (nSPS) is 17.1. The zero-order chi connectivity index (χ0) is 25.8. The second-order valence-corrected chi connectivity index (χ2v) is 9.78. The lowest BCUT2D eigenvalue weighted by atomic mass is 9.79. The van der Waals surface area contributed by atoms with Crippen LogP contribution in [-0.4, -0.2) is 37.8 Å². The van der Waals surface area contributed by atoms with Crippen molar-refractivity contribution in [1.82, 2.24) is 14.0 Å². The van der Waals surface area contributed by atoms with Gasteiger partial charge in [-0.2, -0.15) is 0 Å². The molecule has 0 radical (unpaired) electrons. The Kier molecular flexibility index (Phi) is 7.96. The molecule has 1 N–H and O–H groups in total. The minimum atomic E-state index is -0.731. The van der Waals surface area contributed by atoms with Gasteiger partial charge in [0, 0.05) is 43.5 Å². The van der Waals surface area contributed by atoms with Crippen molar-refractivity contribution in [3.63, 3.8) is 0 Å². The van der Waals surface area contributed by atoms with Crippen LogP contribution in [0.5, 0.6) is 5.75 Å². The molecular weight excluding hydrogens is 482 g/mol. The summed E-state index contributed by atoms with van der Waals surface area (Å²) in [5.41, 5.74) is 2.44. The average molecular weight is 512 g/mol. The largest absolute Gasteiger partial charge is 0.491 e. The van der Waals surface area contributed by atoms with Crippen LogP contribution < -0.4 is 16.0 Å². The second kappa shape index (κ2) is 11.1. The number of aromatic nitrogens is 2. The van der Waals surface area contributed by atoms with Crippen LogP contribution in [0.25, 0.3) is 0 Å². The summed E-state index contributed by atoms with van der Waals surface area (Å²) in [6.45, 7) is 3.69. The van der Waals surface area contributed by atoms with Gasteiger partial charge in [0.1, 0.15) is 12.4 Å². The molecule has 1 aliphatic carbocycles. The van der Waals surface area contributed by atoms with E-state index in [1.54, 1.807) is 7.05 Å². The maximum absolute atomic E-state index is 12.2. The first-order chi connectivity index (χ1) is 17.2. The number of carboxylic acids is 1. The average Bonchev–Trinajstić information content (AvgIpc) is 2.80. The molecule has 190 valence electrons. The van der Waals surface area contributed by atoms with Crippen molar-refractivity contribution in [3.05, 3.63) is 97.3 Å². The fraction of sp³-hybridized carbons (Fsp3) is 0.370. The second-order valence-electron chi connectivity index (χ2n) is 9.34. The summed E-state index contributed by atoms with van der Waals surface area (Å²) >= 11 is 6.03. The fourth-order valence-electron chi connectivity index (χ4n) is 4.50. The van der Waals surface area contributed by atoms with Crippen molar-refractivity contribution in [1.29, 1.82) is 0 Å². The number of hydrogen-bond acceptors (Lipinski definition) is 5. The first-order valence-corrected chi connectivity index (χ1v) is 12.3. The van der Waals surface area contributed by atoms with E-state index in [0.717, 1.165) is 21.3 Å². The van der Waals surface area contributed by atoms with Crippen molar-refractivity contribution < 1.29 is 14.6 Å². The Labute approximate surface area is 214 Å². The molecule has 1 aliphatic rings. The number of ether oxygens (including phenoxy) is 1. The van der Waals surface area contributed by atoms with Crippen LogP contribution in [-0.2, 0) is 31.5 Å². The van der Waals surface area contributed by atoms with Crippen LogP contribution in [0.15, 0.2) is 64.3 Å². The zero-order valence-corrected chi connectivity index (χ0v) is 21.1. The quantitative estimate of drug-likeness (QED) is 0.448. The van der Waals surface area contributed by atoms with Crippen LogP contribution in [0.1, 0.15) is 29.5 Å². The van der Waals surface area contributed by atoms with Crippen LogP contribution in [0.4, 0.5) is 0 Å². The minimum absolute atomic E-state index is 0.162. The van der Waals surface area contributed by atoms with Crippen molar-refractivity contribution >= 4 is 17.6 Å². The van der Waals surface area contributed by atoms with E-state index in [9.17, 15) is 19.5 Å². The molecule has 2 aromatic carbocycles. The van der Waals surface area contributed by atoms with Gasteiger partial charge in [0.05, 0.1) is 12.5 Å². The summed E-state index contributed by atoms with van der Waals surface area (Å²) in [4.78, 5) is 37.8. The molecule has 1 saturated carbocycles. The zero-order valence-electron chi connectivity index (χ0n) is 20.4. The monoisotopic (exact) mass is 511 g/mol. The summed E-state index contributed by atoms with van der Waals surface area (Å²) in [6, 6.07) is 15.2. The molecule has 1 heterocycles. The summed E-state index contributed by atoms with van der Waals surface area (Å²) in [5.74, 6) is -0.321. The SMILES string of the molecule is Cc1cc(CN(Cc2ccc(Cl)cc2)C2CC(C(=O)O)C2)ccc1OCCn1c(=O)ccn(C)c1=O. The molecule has 9 heteroatoms. The summed E-state index contributed by atoms with van der Waals surface area (Å²) < 4.78 is 8.39. The van der Waals surface area contributed by atoms with E-state index in [4.69, 9.17) is 16.3 Å². The van der Waals surface area contributed by atoms with Crippen LogP contribution in [0.3, 0.4) is 0 Å². The molecular formula is C27H30ClN3O5. The van der Waals surface area contributed by atoms with Gasteiger partial charge < -0.3 is 14.4 Å². The molecule has 3 aromatic rings. The Morgan fingerprint density at radius 3 is 2.42 bits per heavy atom. The third-order valence-corrected chi connectivity index (χ3v) is 6.97. The topological polar surface area (TPSA) is 93.8 Å². The van der Waals surface area contributed by atoms with Gasteiger partial charge in [-0.25, -0.2) is 4.79 Å². The highest BCUT2D eigenvalue weighted by molar-refractivity contribution is 6.30. The van der Waals surface area contributed by atoms with E-state index >= 15 is 0 Å². The van der Waals surface area contributed by atoms with Gasteiger partial charge in [-0.05, 0) is 54.7 Å². The first kappa shape index (κ1) is 25.7. The van der Waals surface area contributed by atoms with Crippen molar-refractivity contribution in [2.75, 3.05) is 6.61 Å². The maximum atomic E-state index is 12.2. The Bertz CT molecular complexity index is 1340. The molecule has 0 atom stereocenters. The minimum Gasteiger partial charge on any atom is -0.491 e. The molecule has 36 heavy (non-hydrogen) atoms. The number of halogens is 1. The van der Waals surface area contributed by atoms with Gasteiger partial charge in [-0.3, -0.25) is 19.1 Å². The van der Waals surface area contributed by atoms with E-state index < -0.39 is 5.97 Å².